The molecule has 0 aromatic heterocycles. The largest absolute Gasteiger partial charge is 0.468 e. The van der Waals surface area contributed by atoms with Gasteiger partial charge in [-0.25, -0.2) is 0 Å². The van der Waals surface area contributed by atoms with Gasteiger partial charge in [0, 0.05) is 5.41 Å². The van der Waals surface area contributed by atoms with Crippen molar-refractivity contribution in [2.24, 2.45) is 17.3 Å². The number of hydrogen-bond acceptors (Lipinski definition) is 5. The number of aliphatic hydroxyl groups excluding tert-OH is 1. The van der Waals surface area contributed by atoms with Crippen LogP contribution in [-0.4, -0.2) is 36.9 Å². The maximum absolute atomic E-state index is 12.5. The van der Waals surface area contributed by atoms with Crippen LogP contribution in [0, 0.1) is 17.3 Å². The minimum Gasteiger partial charge on any atom is -0.468 e. The van der Waals surface area contributed by atoms with E-state index in [0.29, 0.717) is 25.6 Å². The molecule has 1 fully saturated rings. The molecule has 1 N–H and O–H groups in total. The molecular weight excluding hydrogens is 500 g/mol. The van der Waals surface area contributed by atoms with Crippen molar-refractivity contribution >= 4 is 12.4 Å². The fourth-order valence-corrected chi connectivity index (χ4v) is 6.38. The molecule has 1 aromatic rings. The number of hydrogen-bond donors (Lipinski definition) is 1. The Labute approximate surface area is 242 Å². The van der Waals surface area contributed by atoms with Crippen molar-refractivity contribution in [3.63, 3.8) is 0 Å². The summed E-state index contributed by atoms with van der Waals surface area (Å²) in [5, 5.41) is 10.7. The molecule has 1 heterocycles. The lowest BCUT2D eigenvalue weighted by Gasteiger charge is -2.37. The van der Waals surface area contributed by atoms with E-state index in [1.165, 1.54) is 5.56 Å². The second-order valence-corrected chi connectivity index (χ2v) is 11.9. The molecule has 5 nitrogen and oxygen atoms in total. The van der Waals surface area contributed by atoms with Gasteiger partial charge in [-0.1, -0.05) is 108 Å². The number of aliphatic hydroxyl groups is 1. The number of ether oxygens (including phenoxy) is 2. The van der Waals surface area contributed by atoms with E-state index in [0.717, 1.165) is 69.8 Å². The lowest BCUT2D eigenvalue weighted by Crippen LogP contribution is -2.32. The Morgan fingerprint density at radius 2 is 1.80 bits per heavy atom. The van der Waals surface area contributed by atoms with Crippen molar-refractivity contribution in [2.45, 2.75) is 103 Å². The van der Waals surface area contributed by atoms with E-state index in [2.05, 4.69) is 63.8 Å². The highest BCUT2D eigenvalue weighted by molar-refractivity contribution is 5.76. The molecule has 5 unspecified atom stereocenters. The summed E-state index contributed by atoms with van der Waals surface area (Å²) in [7, 11) is 0. The Morgan fingerprint density at radius 1 is 1.12 bits per heavy atom. The molecule has 5 heteroatoms. The molecule has 1 aliphatic rings. The standard InChI is InChI=1S/C35H52O5/c1-6-8-16-29(7-2)35(5,32-22-26-40-33(32)38)24-15-13-20-31(37)19-12-14-23-34(4,28(3)21-25-39-27-36)30-17-10-9-11-18-30/h6-11,16-18,27-28,31-32,37H,1,12-15,19-26H2,2-5H3/b16-8-,29-7+. The molecule has 0 spiro atoms. The van der Waals surface area contributed by atoms with Crippen LogP contribution in [0.15, 0.2) is 66.8 Å². The minimum atomic E-state index is -0.314. The number of esters is 1. The van der Waals surface area contributed by atoms with E-state index in [-0.39, 0.29) is 28.8 Å². The smallest absolute Gasteiger partial charge is 0.309 e. The molecule has 0 radical (unpaired) electrons. The fraction of sp³-hybridized carbons (Fsp3) is 0.600. The number of rotatable bonds is 20. The van der Waals surface area contributed by atoms with Crippen LogP contribution in [0.4, 0.5) is 0 Å². The van der Waals surface area contributed by atoms with Gasteiger partial charge < -0.3 is 14.6 Å². The monoisotopic (exact) mass is 552 g/mol. The number of allylic oxidation sites excluding steroid dienone is 5. The SMILES string of the molecule is C=C/C=C\C(=C/C)C(C)(CCCCC(O)CCCCC(C)(c1ccccc1)C(C)CCOC=O)C1CCOC1=O. The van der Waals surface area contributed by atoms with Gasteiger partial charge in [-0.15, -0.1) is 0 Å². The Morgan fingerprint density at radius 3 is 2.38 bits per heavy atom. The van der Waals surface area contributed by atoms with Gasteiger partial charge in [0.1, 0.15) is 0 Å². The molecule has 40 heavy (non-hydrogen) atoms. The Kier molecular flexibility index (Phi) is 14.4. The summed E-state index contributed by atoms with van der Waals surface area (Å²) in [5.74, 6) is 0.126. The average molecular weight is 553 g/mol. The van der Waals surface area contributed by atoms with E-state index in [9.17, 15) is 14.7 Å². The number of carbonyl (C=O) groups excluding carboxylic acids is 2. The predicted octanol–water partition coefficient (Wildman–Crippen LogP) is 7.88. The number of benzene rings is 1. The lowest BCUT2D eigenvalue weighted by molar-refractivity contribution is -0.143. The van der Waals surface area contributed by atoms with Gasteiger partial charge in [-0.2, -0.15) is 0 Å². The summed E-state index contributed by atoms with van der Waals surface area (Å²) in [4.78, 5) is 23.1. The predicted molar refractivity (Wildman–Crippen MR) is 163 cm³/mol. The first-order valence-electron chi connectivity index (χ1n) is 15.1. The van der Waals surface area contributed by atoms with Gasteiger partial charge >= 0.3 is 5.97 Å². The quantitative estimate of drug-likeness (QED) is 0.0771. The zero-order valence-corrected chi connectivity index (χ0v) is 25.3. The highest BCUT2D eigenvalue weighted by atomic mass is 16.5. The van der Waals surface area contributed by atoms with Crippen LogP contribution >= 0.6 is 0 Å². The summed E-state index contributed by atoms with van der Waals surface area (Å²) >= 11 is 0. The van der Waals surface area contributed by atoms with Crippen molar-refractivity contribution < 1.29 is 24.2 Å². The second kappa shape index (κ2) is 17.2. The van der Waals surface area contributed by atoms with Crippen LogP contribution in [0.3, 0.4) is 0 Å². The molecule has 0 saturated carbocycles. The molecular formula is C35H52O5. The normalized spacial score (nSPS) is 20.4. The van der Waals surface area contributed by atoms with E-state index in [1.807, 2.05) is 19.1 Å². The van der Waals surface area contributed by atoms with Crippen molar-refractivity contribution in [3.05, 3.63) is 72.4 Å². The Bertz CT molecular complexity index is 967. The van der Waals surface area contributed by atoms with Gasteiger partial charge in [0.25, 0.3) is 6.47 Å². The highest BCUT2D eigenvalue weighted by Gasteiger charge is 2.44. The van der Waals surface area contributed by atoms with Crippen LogP contribution in [0.2, 0.25) is 0 Å². The molecule has 5 atom stereocenters. The van der Waals surface area contributed by atoms with E-state index < -0.39 is 0 Å². The van der Waals surface area contributed by atoms with E-state index in [4.69, 9.17) is 9.47 Å². The Balaban J connectivity index is 1.86. The van der Waals surface area contributed by atoms with Crippen LogP contribution < -0.4 is 0 Å². The summed E-state index contributed by atoms with van der Waals surface area (Å²) in [6.45, 7) is 14.0. The zero-order valence-electron chi connectivity index (χ0n) is 25.3. The van der Waals surface area contributed by atoms with Crippen LogP contribution in [0.1, 0.15) is 97.5 Å². The molecule has 0 aliphatic carbocycles. The number of cyclic esters (lactones) is 1. The maximum atomic E-state index is 12.5. The van der Waals surface area contributed by atoms with E-state index >= 15 is 0 Å². The fourth-order valence-electron chi connectivity index (χ4n) is 6.38. The van der Waals surface area contributed by atoms with Gasteiger partial charge in [0.2, 0.25) is 0 Å². The number of unbranched alkanes of at least 4 members (excludes halogenated alkanes) is 2. The summed E-state index contributed by atoms with van der Waals surface area (Å²) in [5.41, 5.74) is 2.15. The molecule has 0 bridgehead atoms. The minimum absolute atomic E-state index is 0.0190. The Hall–Kier alpha value is -2.66. The van der Waals surface area contributed by atoms with Gasteiger partial charge in [0.05, 0.1) is 25.2 Å². The van der Waals surface area contributed by atoms with Crippen molar-refractivity contribution in [1.82, 2.24) is 0 Å². The zero-order chi connectivity index (χ0) is 29.4. The molecule has 1 saturated heterocycles. The first-order chi connectivity index (χ1) is 19.2. The van der Waals surface area contributed by atoms with Gasteiger partial charge in [0.15, 0.2) is 0 Å². The van der Waals surface area contributed by atoms with Crippen molar-refractivity contribution in [2.75, 3.05) is 13.2 Å². The summed E-state index contributed by atoms with van der Waals surface area (Å²) in [6, 6.07) is 10.6. The third kappa shape index (κ3) is 9.47. The average Bonchev–Trinajstić information content (AvgIpc) is 3.40. The second-order valence-electron chi connectivity index (χ2n) is 11.9. The molecule has 222 valence electrons. The van der Waals surface area contributed by atoms with Crippen LogP contribution in [-0.2, 0) is 24.5 Å². The van der Waals surface area contributed by atoms with Crippen LogP contribution in [0.25, 0.3) is 0 Å². The lowest BCUT2D eigenvalue weighted by atomic mass is 9.67. The van der Waals surface area contributed by atoms with Gasteiger partial charge in [-0.3, -0.25) is 9.59 Å². The number of carbonyl (C=O) groups is 2. The first kappa shape index (κ1) is 33.5. The third-order valence-electron chi connectivity index (χ3n) is 9.31. The van der Waals surface area contributed by atoms with E-state index in [1.54, 1.807) is 6.08 Å². The van der Waals surface area contributed by atoms with Gasteiger partial charge in [-0.05, 0) is 67.9 Å². The molecule has 1 aromatic carbocycles. The molecule has 2 rings (SSSR count). The molecule has 1 aliphatic heterocycles. The third-order valence-corrected chi connectivity index (χ3v) is 9.31. The summed E-state index contributed by atoms with van der Waals surface area (Å²) < 4.78 is 10.3. The van der Waals surface area contributed by atoms with Crippen molar-refractivity contribution in [3.8, 4) is 0 Å². The first-order valence-corrected chi connectivity index (χ1v) is 15.1. The maximum Gasteiger partial charge on any atom is 0.309 e. The molecule has 0 amide bonds. The topological polar surface area (TPSA) is 72.8 Å². The van der Waals surface area contributed by atoms with Crippen molar-refractivity contribution in [1.29, 1.82) is 0 Å². The highest BCUT2D eigenvalue weighted by Crippen LogP contribution is 2.45. The summed E-state index contributed by atoms with van der Waals surface area (Å²) in [6.07, 6.45) is 16.5. The van der Waals surface area contributed by atoms with Crippen LogP contribution in [0.5, 0.6) is 0 Å².